The van der Waals surface area contributed by atoms with E-state index in [0.29, 0.717) is 5.02 Å². The molecule has 3 heteroatoms. The number of hydrogen-bond acceptors (Lipinski definition) is 1. The minimum absolute atomic E-state index is 0.179. The molecule has 0 spiro atoms. The summed E-state index contributed by atoms with van der Waals surface area (Å²) in [4.78, 5) is 0. The quantitative estimate of drug-likeness (QED) is 0.603. The van der Waals surface area contributed by atoms with Gasteiger partial charge in [-0.15, -0.1) is 11.3 Å². The van der Waals surface area contributed by atoms with Gasteiger partial charge >= 0.3 is 0 Å². The Morgan fingerprint density at radius 1 is 1.42 bits per heavy atom. The molecule has 1 aromatic heterocycles. The number of rotatable bonds is 0. The van der Waals surface area contributed by atoms with Gasteiger partial charge in [-0.2, -0.15) is 4.39 Å². The highest BCUT2D eigenvalue weighted by Gasteiger charge is 2.06. The largest absolute Gasteiger partial charge is 0.195 e. The van der Waals surface area contributed by atoms with Crippen LogP contribution in [0.25, 0.3) is 10.1 Å². The third-order valence-electron chi connectivity index (χ3n) is 1.82. The summed E-state index contributed by atoms with van der Waals surface area (Å²) in [7, 11) is 0. The van der Waals surface area contributed by atoms with Crippen LogP contribution < -0.4 is 0 Å². The van der Waals surface area contributed by atoms with Crippen LogP contribution in [0.2, 0.25) is 5.02 Å². The van der Waals surface area contributed by atoms with Gasteiger partial charge in [0.2, 0.25) is 0 Å². The zero-order chi connectivity index (χ0) is 8.72. The summed E-state index contributed by atoms with van der Waals surface area (Å²) in [5.74, 6) is 0. The lowest BCUT2D eigenvalue weighted by atomic mass is 10.1. The summed E-state index contributed by atoms with van der Waals surface area (Å²) in [6.45, 7) is 1.95. The Bertz CT molecular complexity index is 394. The lowest BCUT2D eigenvalue weighted by molar-refractivity contribution is 0.658. The van der Waals surface area contributed by atoms with E-state index in [1.807, 2.05) is 13.0 Å². The molecule has 0 atom stereocenters. The Labute approximate surface area is 78.6 Å². The van der Waals surface area contributed by atoms with Crippen molar-refractivity contribution in [3.63, 3.8) is 0 Å². The molecule has 0 aliphatic carbocycles. The minimum Gasteiger partial charge on any atom is -0.195 e. The molecule has 0 nitrogen and oxygen atoms in total. The van der Waals surface area contributed by atoms with Crippen LogP contribution in [-0.2, 0) is 0 Å². The first-order valence-corrected chi connectivity index (χ1v) is 4.72. The third kappa shape index (κ3) is 1.11. The molecule has 12 heavy (non-hydrogen) atoms. The van der Waals surface area contributed by atoms with Crippen LogP contribution in [0.15, 0.2) is 18.2 Å². The summed E-state index contributed by atoms with van der Waals surface area (Å²) in [5, 5.41) is 1.37. The van der Waals surface area contributed by atoms with E-state index in [4.69, 9.17) is 11.6 Å². The third-order valence-corrected chi connectivity index (χ3v) is 3.21. The van der Waals surface area contributed by atoms with E-state index in [2.05, 4.69) is 0 Å². The zero-order valence-corrected chi connectivity index (χ0v) is 7.97. The molecule has 2 rings (SSSR count). The molecular weight excluding hydrogens is 195 g/mol. The monoisotopic (exact) mass is 200 g/mol. The normalized spacial score (nSPS) is 10.9. The number of benzene rings is 1. The lowest BCUT2D eigenvalue weighted by Gasteiger charge is -1.95. The predicted octanol–water partition coefficient (Wildman–Crippen LogP) is 4.00. The number of thiophene rings is 1. The van der Waals surface area contributed by atoms with E-state index in [9.17, 15) is 4.39 Å². The summed E-state index contributed by atoms with van der Waals surface area (Å²) >= 11 is 6.98. The highest BCUT2D eigenvalue weighted by molar-refractivity contribution is 7.18. The van der Waals surface area contributed by atoms with Gasteiger partial charge in [-0.1, -0.05) is 17.7 Å². The standard InChI is InChI=1S/C9H6ClFS/c1-5-2-3-7(10)9-6(5)4-8(11)12-9/h2-4H,1H3. The van der Waals surface area contributed by atoms with E-state index in [0.717, 1.165) is 27.0 Å². The van der Waals surface area contributed by atoms with Crippen LogP contribution in [0.5, 0.6) is 0 Å². The average Bonchev–Trinajstić information content (AvgIpc) is 2.41. The van der Waals surface area contributed by atoms with Gasteiger partial charge in [-0.25, -0.2) is 0 Å². The predicted molar refractivity (Wildman–Crippen MR) is 51.5 cm³/mol. The first kappa shape index (κ1) is 8.02. The van der Waals surface area contributed by atoms with Crippen LogP contribution in [0, 0.1) is 12.1 Å². The van der Waals surface area contributed by atoms with E-state index in [1.165, 1.54) is 6.07 Å². The minimum atomic E-state index is -0.179. The molecule has 0 saturated carbocycles. The molecule has 1 aromatic carbocycles. The number of aryl methyl sites for hydroxylation is 1. The first-order valence-electron chi connectivity index (χ1n) is 3.52. The first-order chi connectivity index (χ1) is 5.68. The van der Waals surface area contributed by atoms with E-state index in [1.54, 1.807) is 6.07 Å². The van der Waals surface area contributed by atoms with Crippen molar-refractivity contribution in [2.75, 3.05) is 0 Å². The zero-order valence-electron chi connectivity index (χ0n) is 6.40. The van der Waals surface area contributed by atoms with Crippen molar-refractivity contribution in [2.24, 2.45) is 0 Å². The van der Waals surface area contributed by atoms with Gasteiger partial charge in [0.05, 0.1) is 9.72 Å². The molecule has 1 heterocycles. The van der Waals surface area contributed by atoms with Gasteiger partial charge in [-0.05, 0) is 30.0 Å². The summed E-state index contributed by atoms with van der Waals surface area (Å²) in [6.07, 6.45) is 0. The molecule has 0 N–H and O–H groups in total. The van der Waals surface area contributed by atoms with Crippen LogP contribution in [0.1, 0.15) is 5.56 Å². The van der Waals surface area contributed by atoms with Crippen LogP contribution in [-0.4, -0.2) is 0 Å². The van der Waals surface area contributed by atoms with E-state index in [-0.39, 0.29) is 5.13 Å². The molecule has 0 aliphatic heterocycles. The molecule has 2 aromatic rings. The molecular formula is C9H6ClFS. The Hall–Kier alpha value is -0.600. The molecule has 0 bridgehead atoms. The van der Waals surface area contributed by atoms with Crippen molar-refractivity contribution in [3.8, 4) is 0 Å². The van der Waals surface area contributed by atoms with Crippen molar-refractivity contribution >= 4 is 33.0 Å². The molecule has 62 valence electrons. The van der Waals surface area contributed by atoms with Gasteiger partial charge in [-0.3, -0.25) is 0 Å². The van der Waals surface area contributed by atoms with Gasteiger partial charge in [0.15, 0.2) is 5.13 Å². The highest BCUT2D eigenvalue weighted by atomic mass is 35.5. The molecule has 0 fully saturated rings. The van der Waals surface area contributed by atoms with Crippen molar-refractivity contribution in [2.45, 2.75) is 6.92 Å². The SMILES string of the molecule is Cc1ccc(Cl)c2sc(F)cc12. The molecule has 0 amide bonds. The van der Waals surface area contributed by atoms with E-state index < -0.39 is 0 Å². The number of halogens is 2. The highest BCUT2D eigenvalue weighted by Crippen LogP contribution is 2.32. The van der Waals surface area contributed by atoms with Crippen molar-refractivity contribution in [3.05, 3.63) is 33.9 Å². The Balaban J connectivity index is 2.93. The topological polar surface area (TPSA) is 0 Å². The van der Waals surface area contributed by atoms with Crippen LogP contribution in [0.3, 0.4) is 0 Å². The lowest BCUT2D eigenvalue weighted by Crippen LogP contribution is -1.72. The number of hydrogen-bond donors (Lipinski definition) is 0. The second-order valence-corrected chi connectivity index (χ2v) is 4.07. The van der Waals surface area contributed by atoms with Gasteiger partial charge < -0.3 is 0 Å². The van der Waals surface area contributed by atoms with Crippen molar-refractivity contribution in [1.82, 2.24) is 0 Å². The molecule has 0 aliphatic rings. The number of fused-ring (bicyclic) bond motifs is 1. The Kier molecular flexibility index (Phi) is 1.81. The second-order valence-electron chi connectivity index (χ2n) is 2.66. The van der Waals surface area contributed by atoms with Crippen LogP contribution in [0.4, 0.5) is 4.39 Å². The smallest absolute Gasteiger partial charge is 0.177 e. The maximum absolute atomic E-state index is 12.8. The van der Waals surface area contributed by atoms with Gasteiger partial charge in [0.25, 0.3) is 0 Å². The second kappa shape index (κ2) is 2.71. The molecule has 0 radical (unpaired) electrons. The van der Waals surface area contributed by atoms with Crippen molar-refractivity contribution < 1.29 is 4.39 Å². The van der Waals surface area contributed by atoms with Crippen LogP contribution >= 0.6 is 22.9 Å². The van der Waals surface area contributed by atoms with Crippen molar-refractivity contribution in [1.29, 1.82) is 0 Å². The van der Waals surface area contributed by atoms with Gasteiger partial charge in [0, 0.05) is 0 Å². The maximum Gasteiger partial charge on any atom is 0.177 e. The average molecular weight is 201 g/mol. The maximum atomic E-state index is 12.8. The Morgan fingerprint density at radius 3 is 2.83 bits per heavy atom. The fraction of sp³-hybridized carbons (Fsp3) is 0.111. The fourth-order valence-corrected chi connectivity index (χ4v) is 2.34. The molecule has 0 unspecified atom stereocenters. The van der Waals surface area contributed by atoms with Gasteiger partial charge in [0.1, 0.15) is 0 Å². The van der Waals surface area contributed by atoms with E-state index >= 15 is 0 Å². The summed E-state index contributed by atoms with van der Waals surface area (Å²) in [5.41, 5.74) is 1.06. The fourth-order valence-electron chi connectivity index (χ4n) is 1.19. The Morgan fingerprint density at radius 2 is 2.17 bits per heavy atom. The summed E-state index contributed by atoms with van der Waals surface area (Å²) in [6, 6.07) is 5.23. The molecule has 0 saturated heterocycles. The summed E-state index contributed by atoms with van der Waals surface area (Å²) < 4.78 is 13.7.